The number of hydrogen-bond donors (Lipinski definition) is 3. The molecule has 2 saturated heterocycles. The fraction of sp³-hybridized carbons (Fsp3) is 0.286. The minimum absolute atomic E-state index is 0.0438. The van der Waals surface area contributed by atoms with Gasteiger partial charge in [-0.15, -0.1) is 0 Å². The molecule has 30 heteroatoms. The summed E-state index contributed by atoms with van der Waals surface area (Å²) in [6.07, 6.45) is 23.3. The number of likely N-dealkylation sites (tertiary alicyclic amines) is 1. The number of aromatic nitrogens is 8. The Morgan fingerprint density at radius 2 is 0.789 bits per heavy atom. The highest BCUT2D eigenvalue weighted by atomic mass is 19.1. The van der Waals surface area contributed by atoms with Crippen LogP contribution in [0.3, 0.4) is 0 Å². The number of β-amino-alcohol motifs (C(OH)–C–C–N with tert-alkyl or cyclic N) is 1. The molecule has 6 aliphatic heterocycles. The monoisotopic (exact) mass is 1920 g/mol. The second kappa shape index (κ2) is 44.4. The average molecular weight is 1920 g/mol. The molecular weight excluding hydrogens is 1800 g/mol. The van der Waals surface area contributed by atoms with E-state index in [4.69, 9.17) is 52.7 Å². The number of aliphatic hydroxyl groups is 1. The molecule has 0 saturated carbocycles. The Balaban J connectivity index is 0.000000122. The van der Waals surface area contributed by atoms with Gasteiger partial charge >= 0.3 is 0 Å². The summed E-state index contributed by atoms with van der Waals surface area (Å²) in [5, 5.41) is 15.7. The van der Waals surface area contributed by atoms with Crippen molar-refractivity contribution in [3.63, 3.8) is 0 Å². The van der Waals surface area contributed by atoms with E-state index < -0.39 is 5.82 Å². The summed E-state index contributed by atoms with van der Waals surface area (Å²) in [6, 6.07) is 57.5. The van der Waals surface area contributed by atoms with Gasteiger partial charge < -0.3 is 73.1 Å². The second-order valence-corrected chi connectivity index (χ2v) is 35.6. The highest BCUT2D eigenvalue weighted by Crippen LogP contribution is 2.40. The molecule has 10 aromatic heterocycles. The van der Waals surface area contributed by atoms with Crippen LogP contribution in [0.5, 0.6) is 51.7 Å². The second-order valence-electron chi connectivity index (χ2n) is 35.6. The van der Waals surface area contributed by atoms with Gasteiger partial charge in [-0.25, -0.2) is 19.3 Å². The Morgan fingerprint density at radius 3 is 1.25 bits per heavy atom. The Hall–Kier alpha value is -15.3. The minimum atomic E-state index is -0.480. The summed E-state index contributed by atoms with van der Waals surface area (Å²) < 4.78 is 69.9. The van der Waals surface area contributed by atoms with Crippen molar-refractivity contribution in [2.45, 2.75) is 45.1 Å². The predicted molar refractivity (Wildman–Crippen MR) is 556 cm³/mol. The maximum atomic E-state index is 14.1. The smallest absolute Gasteiger partial charge is 0.258 e. The molecule has 0 amide bonds. The number of aryl methyl sites for hydroxylation is 1. The van der Waals surface area contributed by atoms with Crippen LogP contribution in [0.25, 0.3) is 106 Å². The molecule has 0 unspecified atom stereocenters. The van der Waals surface area contributed by atoms with Crippen molar-refractivity contribution in [1.29, 1.82) is 0 Å². The Kier molecular flexibility index (Phi) is 30.8. The van der Waals surface area contributed by atoms with Crippen LogP contribution in [-0.4, -0.2) is 226 Å². The zero-order valence-electron chi connectivity index (χ0n) is 81.9. The fourth-order valence-electron chi connectivity index (χ4n) is 19.1. The Morgan fingerprint density at radius 1 is 0.373 bits per heavy atom. The van der Waals surface area contributed by atoms with Gasteiger partial charge in [0.2, 0.25) is 0 Å². The first-order chi connectivity index (χ1) is 69.0. The van der Waals surface area contributed by atoms with Crippen molar-refractivity contribution in [2.24, 2.45) is 5.92 Å². The fourth-order valence-corrected chi connectivity index (χ4v) is 19.1. The van der Waals surface area contributed by atoms with Gasteiger partial charge in [-0.2, -0.15) is 0 Å². The van der Waals surface area contributed by atoms with Crippen LogP contribution >= 0.6 is 0 Å². The van der Waals surface area contributed by atoms with Gasteiger partial charge in [-0.05, 0) is 284 Å². The van der Waals surface area contributed by atoms with E-state index in [9.17, 15) is 28.4 Å². The Bertz CT molecular complexity index is 7710. The SMILES string of the molecule is COc1ccc(-c2cc(=O)n3cc(C4=CCN(C)CC4)ccc3c2)cc1OC.COc1ccc(-c2cc(=O)n3cc(C4=CCN(CCO)CC4)ccc3n2)cc1OC.COc1ccc(-c2cc(=O)n3cc(C4=CCNCC4)cc(C)c3n2)cc1OC.COc1ccc(-c2cc(=O)n3cc(C4=CCNCC4)ccc3c2)cc1OC.COc1ccc(-c2cc(=O)n3cc(N4C[C@H]5CCN(C)[C@H]5C4)ccc3n2)cc1F. The zero-order chi connectivity index (χ0) is 99.4. The molecule has 29 nitrogen and oxygen atoms in total. The number of benzene rings is 5. The molecule has 0 bridgehead atoms. The lowest BCUT2D eigenvalue weighted by Crippen LogP contribution is -2.32. The van der Waals surface area contributed by atoms with Gasteiger partial charge in [-0.1, -0.05) is 48.6 Å². The number of pyridine rings is 7. The normalized spacial score (nSPS) is 15.9. The van der Waals surface area contributed by atoms with Crippen molar-refractivity contribution in [2.75, 3.05) is 168 Å². The van der Waals surface area contributed by atoms with Crippen LogP contribution in [0, 0.1) is 18.7 Å². The van der Waals surface area contributed by atoms with E-state index in [1.54, 1.807) is 115 Å². The van der Waals surface area contributed by atoms with Crippen LogP contribution in [0.2, 0.25) is 0 Å². The molecule has 732 valence electrons. The molecule has 6 aliphatic rings. The number of ether oxygens (including phenoxy) is 9. The molecule has 15 aromatic rings. The highest BCUT2D eigenvalue weighted by molar-refractivity contribution is 5.78. The molecule has 142 heavy (non-hydrogen) atoms. The van der Waals surface area contributed by atoms with E-state index in [1.807, 2.05) is 153 Å². The van der Waals surface area contributed by atoms with Gasteiger partial charge in [0.15, 0.2) is 57.6 Å². The first-order valence-electron chi connectivity index (χ1n) is 47.4. The largest absolute Gasteiger partial charge is 0.494 e. The summed E-state index contributed by atoms with van der Waals surface area (Å²) in [4.78, 5) is 87.3. The summed E-state index contributed by atoms with van der Waals surface area (Å²) in [7, 11) is 18.5. The standard InChI is InChI=1S/C23H25N3O4.C23H24N2O3.C22H23FN4O2.C22H23N3O3.C22H22N2O3/c1-29-20-5-3-17(13-21(20)30-2)19-14-23(28)26-15-18(4-6-22(26)24-19)16-7-9-25(10-8-16)11-12-27;1-24-10-8-16(9-11-24)18-4-6-20-12-19(14-23(26)25(20)15-18)17-5-7-21(27-2)22(13-17)28-3;1-25-8-7-15-11-26(13-19(15)25)16-4-6-21-24-18(10-22(28)27(21)12-16)14-3-5-20(29-2)17(23)9-14;1-14-10-17(15-6-8-23-9-7-15)13-25-21(26)12-18(24-22(14)25)16-4-5-19(27-2)20(11-16)28-3;1-26-20-6-4-16(12-21(20)27-2)18-11-19-5-3-17(14-24(19)22(25)13-18)15-7-9-23-10-8-15/h3-7,13-15,27H,8-12H2,1-2H3;4-8,12-15H,9-11H2,1-3H3;3-6,9-10,12,15,19H,7-8,11,13H2,1-2H3;4-6,10-13,23H,7-9H2,1-3H3;3-7,11-14,23H,8-10H2,1-2H3/t;;15-,19+;;/m..1../s1. The third-order valence-electron chi connectivity index (χ3n) is 27.0. The van der Waals surface area contributed by atoms with Gasteiger partial charge in [0.25, 0.3) is 27.8 Å². The summed E-state index contributed by atoms with van der Waals surface area (Å²) in [5.41, 5.74) is 21.7. The number of likely N-dealkylation sites (N-methyl/N-ethyl adjacent to an activating group) is 2. The molecule has 0 radical (unpaired) electrons. The molecule has 0 aliphatic carbocycles. The van der Waals surface area contributed by atoms with Crippen LogP contribution in [0.15, 0.2) is 267 Å². The van der Waals surface area contributed by atoms with Gasteiger partial charge in [-0.3, -0.25) is 50.9 Å². The number of halogens is 1. The number of nitrogens with zero attached hydrogens (tertiary/aromatic N) is 12. The van der Waals surface area contributed by atoms with E-state index in [-0.39, 0.29) is 40.2 Å². The van der Waals surface area contributed by atoms with Gasteiger partial charge in [0, 0.05) is 154 Å². The lowest BCUT2D eigenvalue weighted by molar-refractivity contribution is 0.208. The maximum absolute atomic E-state index is 14.1. The van der Waals surface area contributed by atoms with Crippen molar-refractivity contribution in [1.82, 2.24) is 62.3 Å². The summed E-state index contributed by atoms with van der Waals surface area (Å²) >= 11 is 0. The third-order valence-corrected chi connectivity index (χ3v) is 27.0. The van der Waals surface area contributed by atoms with Crippen LogP contribution < -0.4 is 86.0 Å². The molecule has 2 atom stereocenters. The number of methoxy groups -OCH3 is 9. The molecule has 5 aromatic carbocycles. The molecule has 3 N–H and O–H groups in total. The quantitative estimate of drug-likeness (QED) is 0.0602. The van der Waals surface area contributed by atoms with Crippen molar-refractivity contribution < 1.29 is 52.1 Å². The van der Waals surface area contributed by atoms with Gasteiger partial charge in [0.1, 0.15) is 16.9 Å². The number of fused-ring (bicyclic) bond motifs is 6. The first kappa shape index (κ1) is 98.3. The van der Waals surface area contributed by atoms with E-state index >= 15 is 0 Å². The van der Waals surface area contributed by atoms with Crippen LogP contribution in [0.1, 0.15) is 59.9 Å². The average Bonchev–Trinajstić information content (AvgIpc) is 1.52. The maximum Gasteiger partial charge on any atom is 0.258 e. The zero-order valence-corrected chi connectivity index (χ0v) is 81.9. The number of rotatable bonds is 21. The number of aliphatic hydroxyl groups excluding tert-OH is 1. The van der Waals surface area contributed by atoms with Crippen LogP contribution in [0.4, 0.5) is 10.1 Å². The first-order valence-corrected chi connectivity index (χ1v) is 47.4. The number of hydrogen-bond acceptors (Lipinski definition) is 24. The third kappa shape index (κ3) is 21.8. The van der Waals surface area contributed by atoms with E-state index in [1.165, 1.54) is 60.6 Å². The molecular formula is C112H117FN14O15. The predicted octanol–water partition coefficient (Wildman–Crippen LogP) is 15.2. The minimum Gasteiger partial charge on any atom is -0.494 e. The molecule has 0 spiro atoms. The van der Waals surface area contributed by atoms with Crippen molar-refractivity contribution >= 4 is 56.0 Å². The lowest BCUT2D eigenvalue weighted by atomic mass is 10.0. The topological polar surface area (TPSA) is 286 Å². The van der Waals surface area contributed by atoms with Gasteiger partial charge in [0.05, 0.1) is 93.4 Å². The van der Waals surface area contributed by atoms with Crippen molar-refractivity contribution in [3.05, 3.63) is 329 Å². The number of anilines is 1. The molecule has 2 fully saturated rings. The summed E-state index contributed by atoms with van der Waals surface area (Å²) in [6.45, 7) is 13.4. The summed E-state index contributed by atoms with van der Waals surface area (Å²) in [5.74, 6) is 5.45. The lowest BCUT2D eigenvalue weighted by Gasteiger charge is -2.25. The number of nitrogens with one attached hydrogen (secondary N) is 2. The molecule has 16 heterocycles. The van der Waals surface area contributed by atoms with Crippen molar-refractivity contribution in [3.8, 4) is 108 Å². The molecule has 21 rings (SSSR count). The van der Waals surface area contributed by atoms with E-state index in [0.717, 1.165) is 169 Å². The highest BCUT2D eigenvalue weighted by Gasteiger charge is 2.40. The Labute approximate surface area is 821 Å². The van der Waals surface area contributed by atoms with E-state index in [2.05, 4.69) is 96.8 Å². The van der Waals surface area contributed by atoms with E-state index in [0.29, 0.717) is 104 Å². The van der Waals surface area contributed by atoms with Crippen LogP contribution in [-0.2, 0) is 0 Å².